The SMILES string of the molecule is CCNC(=O)C1COCCN1Cc1cc(OC)ccc1Br. The molecule has 21 heavy (non-hydrogen) atoms. The summed E-state index contributed by atoms with van der Waals surface area (Å²) in [5.74, 6) is 0.840. The molecule has 1 amide bonds. The molecule has 1 aromatic rings. The van der Waals surface area contributed by atoms with Crippen molar-refractivity contribution in [1.29, 1.82) is 0 Å². The third-order valence-electron chi connectivity index (χ3n) is 3.52. The number of nitrogens with zero attached hydrogens (tertiary/aromatic N) is 1. The molecule has 0 spiro atoms. The molecule has 116 valence electrons. The summed E-state index contributed by atoms with van der Waals surface area (Å²) in [6, 6.07) is 5.63. The van der Waals surface area contributed by atoms with E-state index in [-0.39, 0.29) is 11.9 Å². The number of carbonyl (C=O) groups is 1. The molecule has 0 aliphatic carbocycles. The molecule has 0 saturated carbocycles. The van der Waals surface area contributed by atoms with Crippen LogP contribution in [-0.4, -0.2) is 50.3 Å². The summed E-state index contributed by atoms with van der Waals surface area (Å²) in [5.41, 5.74) is 1.10. The van der Waals surface area contributed by atoms with Gasteiger partial charge in [-0.05, 0) is 30.7 Å². The molecule has 0 bridgehead atoms. The van der Waals surface area contributed by atoms with E-state index in [4.69, 9.17) is 9.47 Å². The Kier molecular flexibility index (Phi) is 6.02. The summed E-state index contributed by atoms with van der Waals surface area (Å²) >= 11 is 3.56. The molecule has 1 aliphatic rings. The van der Waals surface area contributed by atoms with Gasteiger partial charge in [0.2, 0.25) is 5.91 Å². The van der Waals surface area contributed by atoms with Crippen molar-refractivity contribution in [3.05, 3.63) is 28.2 Å². The summed E-state index contributed by atoms with van der Waals surface area (Å²) in [6.45, 7) is 5.07. The Labute approximate surface area is 133 Å². The number of morpholine rings is 1. The zero-order valence-electron chi connectivity index (χ0n) is 12.4. The average Bonchev–Trinajstić information content (AvgIpc) is 2.50. The Morgan fingerprint density at radius 2 is 2.38 bits per heavy atom. The molecule has 1 aromatic carbocycles. The molecule has 0 radical (unpaired) electrons. The largest absolute Gasteiger partial charge is 0.497 e. The summed E-state index contributed by atoms with van der Waals surface area (Å²) in [7, 11) is 1.65. The van der Waals surface area contributed by atoms with Crippen LogP contribution < -0.4 is 10.1 Å². The minimum Gasteiger partial charge on any atom is -0.497 e. The molecule has 1 aliphatic heterocycles. The van der Waals surface area contributed by atoms with Crippen molar-refractivity contribution in [1.82, 2.24) is 10.2 Å². The lowest BCUT2D eigenvalue weighted by atomic mass is 10.1. The minimum absolute atomic E-state index is 0.0243. The molecule has 1 saturated heterocycles. The van der Waals surface area contributed by atoms with E-state index in [9.17, 15) is 4.79 Å². The topological polar surface area (TPSA) is 50.8 Å². The molecule has 1 unspecified atom stereocenters. The first-order chi connectivity index (χ1) is 10.2. The highest BCUT2D eigenvalue weighted by Gasteiger charge is 2.29. The van der Waals surface area contributed by atoms with E-state index in [2.05, 4.69) is 26.1 Å². The van der Waals surface area contributed by atoms with Gasteiger partial charge in [0.1, 0.15) is 11.8 Å². The van der Waals surface area contributed by atoms with E-state index in [1.165, 1.54) is 0 Å². The summed E-state index contributed by atoms with van der Waals surface area (Å²) < 4.78 is 11.7. The second-order valence-electron chi connectivity index (χ2n) is 4.91. The van der Waals surface area contributed by atoms with Crippen LogP contribution in [0.5, 0.6) is 5.75 Å². The predicted octanol–water partition coefficient (Wildman–Crippen LogP) is 1.79. The molecule has 6 heteroatoms. The Morgan fingerprint density at radius 3 is 3.10 bits per heavy atom. The monoisotopic (exact) mass is 356 g/mol. The molecule has 1 fully saturated rings. The lowest BCUT2D eigenvalue weighted by molar-refractivity contribution is -0.132. The van der Waals surface area contributed by atoms with Crippen LogP contribution in [0.15, 0.2) is 22.7 Å². The zero-order valence-corrected chi connectivity index (χ0v) is 14.0. The number of amides is 1. The number of carbonyl (C=O) groups excluding carboxylic acids is 1. The van der Waals surface area contributed by atoms with Gasteiger partial charge in [-0.25, -0.2) is 0 Å². The summed E-state index contributed by atoms with van der Waals surface area (Å²) in [4.78, 5) is 14.3. The van der Waals surface area contributed by atoms with Gasteiger partial charge in [-0.1, -0.05) is 15.9 Å². The van der Waals surface area contributed by atoms with Gasteiger partial charge in [0.15, 0.2) is 0 Å². The van der Waals surface area contributed by atoms with Crippen LogP contribution >= 0.6 is 15.9 Å². The quantitative estimate of drug-likeness (QED) is 0.873. The van der Waals surface area contributed by atoms with E-state index in [1.54, 1.807) is 7.11 Å². The van der Waals surface area contributed by atoms with Crippen molar-refractivity contribution in [2.24, 2.45) is 0 Å². The number of benzene rings is 1. The maximum Gasteiger partial charge on any atom is 0.239 e. The number of hydrogen-bond donors (Lipinski definition) is 1. The molecule has 1 atom stereocenters. The maximum absolute atomic E-state index is 12.1. The Balaban J connectivity index is 2.13. The Morgan fingerprint density at radius 1 is 1.57 bits per heavy atom. The van der Waals surface area contributed by atoms with E-state index in [1.807, 2.05) is 25.1 Å². The zero-order chi connectivity index (χ0) is 15.2. The first-order valence-corrected chi connectivity index (χ1v) is 7.87. The van der Waals surface area contributed by atoms with Crippen molar-refractivity contribution >= 4 is 21.8 Å². The van der Waals surface area contributed by atoms with Crippen molar-refractivity contribution in [3.8, 4) is 5.75 Å². The van der Waals surface area contributed by atoms with Crippen LogP contribution in [-0.2, 0) is 16.1 Å². The third-order valence-corrected chi connectivity index (χ3v) is 4.29. The number of methoxy groups -OCH3 is 1. The molecular weight excluding hydrogens is 336 g/mol. The van der Waals surface area contributed by atoms with Crippen LogP contribution in [0.3, 0.4) is 0 Å². The van der Waals surface area contributed by atoms with Gasteiger partial charge in [-0.3, -0.25) is 9.69 Å². The van der Waals surface area contributed by atoms with E-state index in [0.717, 1.165) is 22.3 Å². The molecule has 5 nitrogen and oxygen atoms in total. The highest BCUT2D eigenvalue weighted by Crippen LogP contribution is 2.25. The smallest absolute Gasteiger partial charge is 0.239 e. The number of likely N-dealkylation sites (N-methyl/N-ethyl adjacent to an activating group) is 1. The number of nitrogens with one attached hydrogen (secondary N) is 1. The minimum atomic E-state index is -0.239. The Bertz CT molecular complexity index is 496. The maximum atomic E-state index is 12.1. The highest BCUT2D eigenvalue weighted by molar-refractivity contribution is 9.10. The van der Waals surface area contributed by atoms with Crippen LogP contribution in [0, 0.1) is 0 Å². The first kappa shape index (κ1) is 16.3. The first-order valence-electron chi connectivity index (χ1n) is 7.07. The van der Waals surface area contributed by atoms with Crippen LogP contribution in [0.1, 0.15) is 12.5 Å². The molecular formula is C15H21BrN2O3. The van der Waals surface area contributed by atoms with Crippen molar-refractivity contribution in [2.45, 2.75) is 19.5 Å². The molecule has 1 heterocycles. The fraction of sp³-hybridized carbons (Fsp3) is 0.533. The van der Waals surface area contributed by atoms with Crippen LogP contribution in [0.25, 0.3) is 0 Å². The van der Waals surface area contributed by atoms with E-state index >= 15 is 0 Å². The van der Waals surface area contributed by atoms with Gasteiger partial charge in [0, 0.05) is 24.1 Å². The average molecular weight is 357 g/mol. The number of rotatable bonds is 5. The van der Waals surface area contributed by atoms with Crippen LogP contribution in [0.2, 0.25) is 0 Å². The Hall–Kier alpha value is -1.11. The van der Waals surface area contributed by atoms with Gasteiger partial charge in [0.25, 0.3) is 0 Å². The van der Waals surface area contributed by atoms with Crippen molar-refractivity contribution < 1.29 is 14.3 Å². The van der Waals surface area contributed by atoms with Gasteiger partial charge < -0.3 is 14.8 Å². The molecule has 0 aromatic heterocycles. The number of ether oxygens (including phenoxy) is 2. The van der Waals surface area contributed by atoms with Crippen molar-refractivity contribution in [2.75, 3.05) is 33.4 Å². The predicted molar refractivity (Wildman–Crippen MR) is 84.4 cm³/mol. The lowest BCUT2D eigenvalue weighted by Crippen LogP contribution is -2.53. The normalized spacial score (nSPS) is 19.3. The number of hydrogen-bond acceptors (Lipinski definition) is 4. The lowest BCUT2D eigenvalue weighted by Gasteiger charge is -2.34. The fourth-order valence-electron chi connectivity index (χ4n) is 2.38. The summed E-state index contributed by atoms with van der Waals surface area (Å²) in [6.07, 6.45) is 0. The fourth-order valence-corrected chi connectivity index (χ4v) is 2.75. The van der Waals surface area contributed by atoms with E-state index < -0.39 is 0 Å². The standard InChI is InChI=1S/C15H21BrN2O3/c1-3-17-15(19)14-10-21-7-6-18(14)9-11-8-12(20-2)4-5-13(11)16/h4-5,8,14H,3,6-7,9-10H2,1-2H3,(H,17,19). The second kappa shape index (κ2) is 7.77. The molecule has 1 N–H and O–H groups in total. The van der Waals surface area contributed by atoms with Crippen molar-refractivity contribution in [3.63, 3.8) is 0 Å². The second-order valence-corrected chi connectivity index (χ2v) is 5.77. The highest BCUT2D eigenvalue weighted by atomic mass is 79.9. The van der Waals surface area contributed by atoms with E-state index in [0.29, 0.717) is 26.3 Å². The third kappa shape index (κ3) is 4.18. The summed E-state index contributed by atoms with van der Waals surface area (Å²) in [5, 5.41) is 2.87. The van der Waals surface area contributed by atoms with Gasteiger partial charge in [-0.2, -0.15) is 0 Å². The van der Waals surface area contributed by atoms with Gasteiger partial charge in [-0.15, -0.1) is 0 Å². The van der Waals surface area contributed by atoms with Gasteiger partial charge >= 0.3 is 0 Å². The molecule has 2 rings (SSSR count). The van der Waals surface area contributed by atoms with Crippen LogP contribution in [0.4, 0.5) is 0 Å². The number of halogens is 1. The van der Waals surface area contributed by atoms with Gasteiger partial charge in [0.05, 0.1) is 20.3 Å².